The Labute approximate surface area is 438 Å². The number of ether oxygens (including phenoxy) is 5. The van der Waals surface area contributed by atoms with Crippen LogP contribution in [0.25, 0.3) is 0 Å². The molecule has 5 rings (SSSR count). The van der Waals surface area contributed by atoms with Crippen molar-refractivity contribution in [1.82, 2.24) is 30.2 Å². The summed E-state index contributed by atoms with van der Waals surface area (Å²) in [5, 5.41) is 5.24. The van der Waals surface area contributed by atoms with E-state index in [1.165, 1.54) is 76.9 Å². The van der Waals surface area contributed by atoms with Gasteiger partial charge in [0.2, 0.25) is 29.4 Å². The lowest BCUT2D eigenvalue weighted by Gasteiger charge is -2.36. The second-order valence-electron chi connectivity index (χ2n) is 19.3. The number of piperidine rings is 1. The first-order valence-electron chi connectivity index (χ1n) is 24.9. The predicted octanol–water partition coefficient (Wildman–Crippen LogP) is 3.39. The molecule has 2 heterocycles. The summed E-state index contributed by atoms with van der Waals surface area (Å²) >= 11 is 0. The average molecular weight is 1040 g/mol. The van der Waals surface area contributed by atoms with E-state index in [4.69, 9.17) is 23.7 Å². The number of hydrogen-bond donors (Lipinski definition) is 2. The molecule has 6 amide bonds. The second kappa shape index (κ2) is 27.5. The smallest absolute Gasteiger partial charge is 0.330 e. The number of Topliss-reactive ketones (excluding diaryl/α,β-unsaturated/α-hetero) is 1. The average Bonchev–Trinajstić information content (AvgIpc) is 3.41. The van der Waals surface area contributed by atoms with Crippen LogP contribution >= 0.6 is 0 Å². The molecule has 2 aliphatic heterocycles. The van der Waals surface area contributed by atoms with Gasteiger partial charge >= 0.3 is 11.9 Å². The Morgan fingerprint density at radius 3 is 2.23 bits per heavy atom. The van der Waals surface area contributed by atoms with Gasteiger partial charge in [0.15, 0.2) is 18.1 Å². The fourth-order valence-electron chi connectivity index (χ4n) is 8.45. The number of aryl methyl sites for hydroxylation is 1. The lowest BCUT2D eigenvalue weighted by molar-refractivity contribution is -0.165. The summed E-state index contributed by atoms with van der Waals surface area (Å²) < 4.78 is 28.5. The summed E-state index contributed by atoms with van der Waals surface area (Å²) in [5.41, 5.74) is 0.603. The minimum atomic E-state index is -1.48. The number of fused-ring (bicyclic) bond motifs is 3. The molecule has 0 spiro atoms. The molecule has 0 aromatic heterocycles. The molecule has 0 saturated carbocycles. The Morgan fingerprint density at radius 2 is 1.51 bits per heavy atom. The van der Waals surface area contributed by atoms with Crippen LogP contribution in [0.15, 0.2) is 84.9 Å². The second-order valence-corrected chi connectivity index (χ2v) is 19.3. The van der Waals surface area contributed by atoms with Gasteiger partial charge in [-0.3, -0.25) is 33.6 Å². The van der Waals surface area contributed by atoms with Crippen LogP contribution in [0.2, 0.25) is 0 Å². The molecule has 0 radical (unpaired) electrons. The van der Waals surface area contributed by atoms with E-state index in [2.05, 4.69) is 10.6 Å². The number of ketones is 1. The number of hydrogen-bond acceptors (Lipinski definition) is 14. The van der Waals surface area contributed by atoms with Gasteiger partial charge in [0.05, 0.1) is 32.7 Å². The molecule has 20 nitrogen and oxygen atoms in total. The number of nitrogens with one attached hydrogen (secondary N) is 2. The molecule has 2 aliphatic rings. The Morgan fingerprint density at radius 1 is 0.773 bits per heavy atom. The van der Waals surface area contributed by atoms with E-state index in [0.717, 1.165) is 22.1 Å². The van der Waals surface area contributed by atoms with Crippen molar-refractivity contribution >= 4 is 53.2 Å². The van der Waals surface area contributed by atoms with Crippen molar-refractivity contribution in [2.45, 2.75) is 89.9 Å². The van der Waals surface area contributed by atoms with Gasteiger partial charge in [-0.15, -0.1) is 0 Å². The summed E-state index contributed by atoms with van der Waals surface area (Å²) in [6.07, 6.45) is 4.02. The summed E-state index contributed by atoms with van der Waals surface area (Å²) in [6.45, 7) is 2.88. The highest BCUT2D eigenvalue weighted by atomic mass is 16.5. The fourth-order valence-corrected chi connectivity index (χ4v) is 8.45. The maximum atomic E-state index is 14.3. The molecular weight excluding hydrogens is 969 g/mol. The molecule has 2 bridgehead atoms. The first-order chi connectivity index (χ1) is 35.7. The predicted molar refractivity (Wildman–Crippen MR) is 274 cm³/mol. The largest absolute Gasteiger partial charge is 0.493 e. The molecule has 0 aliphatic carbocycles. The van der Waals surface area contributed by atoms with E-state index in [0.29, 0.717) is 36.3 Å². The third-order valence-electron chi connectivity index (χ3n) is 13.1. The summed E-state index contributed by atoms with van der Waals surface area (Å²) in [7, 11) is 7.39. The molecule has 2 N–H and O–H groups in total. The van der Waals surface area contributed by atoms with Gasteiger partial charge in [-0.25, -0.2) is 9.59 Å². The Bertz CT molecular complexity index is 2570. The zero-order valence-electron chi connectivity index (χ0n) is 44.1. The highest BCUT2D eigenvalue weighted by molar-refractivity contribution is 6.38. The number of carbonyl (C=O) groups excluding carboxylic acids is 9. The summed E-state index contributed by atoms with van der Waals surface area (Å²) in [5.74, 6) is -4.92. The van der Waals surface area contributed by atoms with Crippen LogP contribution in [0.1, 0.15) is 75.7 Å². The zero-order valence-corrected chi connectivity index (χ0v) is 44.1. The van der Waals surface area contributed by atoms with E-state index in [1.54, 1.807) is 54.6 Å². The van der Waals surface area contributed by atoms with Crippen molar-refractivity contribution < 1.29 is 66.8 Å². The number of rotatable bonds is 7. The van der Waals surface area contributed by atoms with Crippen molar-refractivity contribution in [2.24, 2.45) is 5.41 Å². The first kappa shape index (κ1) is 58.1. The van der Waals surface area contributed by atoms with E-state index < -0.39 is 109 Å². The number of nitrogens with zero attached hydrogens (tertiary/aromatic N) is 4. The van der Waals surface area contributed by atoms with Crippen LogP contribution in [0.4, 0.5) is 0 Å². The first-order valence-corrected chi connectivity index (χ1v) is 24.9. The van der Waals surface area contributed by atoms with E-state index in [9.17, 15) is 43.2 Å². The van der Waals surface area contributed by atoms with E-state index >= 15 is 0 Å². The highest BCUT2D eigenvalue weighted by Crippen LogP contribution is 2.33. The van der Waals surface area contributed by atoms with E-state index in [-0.39, 0.29) is 44.5 Å². The van der Waals surface area contributed by atoms with Crippen molar-refractivity contribution in [2.75, 3.05) is 74.8 Å². The number of carbonyl (C=O) groups is 9. The Kier molecular flexibility index (Phi) is 21.3. The van der Waals surface area contributed by atoms with Gasteiger partial charge in [-0.1, -0.05) is 54.6 Å². The van der Waals surface area contributed by atoms with Crippen molar-refractivity contribution in [3.05, 3.63) is 102 Å². The van der Waals surface area contributed by atoms with Gasteiger partial charge in [0.1, 0.15) is 36.6 Å². The number of esters is 2. The number of methoxy groups -OCH3 is 2. The lowest BCUT2D eigenvalue weighted by Crippen LogP contribution is -2.55. The molecule has 1 saturated heterocycles. The lowest BCUT2D eigenvalue weighted by atomic mass is 9.87. The van der Waals surface area contributed by atoms with Crippen LogP contribution in [0, 0.1) is 5.41 Å². The van der Waals surface area contributed by atoms with Crippen LogP contribution in [0.3, 0.4) is 0 Å². The topological polar surface area (TPSA) is 237 Å². The van der Waals surface area contributed by atoms with Crippen molar-refractivity contribution in [3.63, 3.8) is 0 Å². The molecule has 75 heavy (non-hydrogen) atoms. The van der Waals surface area contributed by atoms with Crippen molar-refractivity contribution in [1.29, 1.82) is 0 Å². The molecule has 3 aromatic rings. The normalized spacial score (nSPS) is 22.4. The van der Waals surface area contributed by atoms with E-state index in [1.807, 2.05) is 18.2 Å². The third-order valence-corrected chi connectivity index (χ3v) is 13.1. The number of cyclic esters (lactones) is 2. The minimum Gasteiger partial charge on any atom is -0.493 e. The standard InChI is InChI=1S/C55H70N6O14/c1-36-52(68)60(6)42(29-37-17-10-9-11-18-37)51(67)56-32-47(63)58(4)27-14-13-22-49(65)74-35-55(2,3)50(66)53(69)61-28-15-12-21-41(61)54(70)75-43(25-23-38-24-26-44(71-7)45(30-38)72-8)39-19-16-20-40(31-39)73-34-48(64)59(5)33-46(62)57-36/h9-11,13,16-20,22,24,26,30-31,36,41-43H,12,14-15,21,23,25,27-29,32-35H2,1-8H3,(H,56,67)(H,57,62)/b22-13-/t36-,41+,42+,43-/m1/s1. The quantitative estimate of drug-likeness (QED) is 0.255. The zero-order chi connectivity index (χ0) is 54.8. The van der Waals surface area contributed by atoms with Gasteiger partial charge in [-0.2, -0.15) is 0 Å². The summed E-state index contributed by atoms with van der Waals surface area (Å²) in [4.78, 5) is 127. The SMILES string of the molecule is COc1ccc(CC[C@H]2OC(=O)[C@@H]3CCCCN3C(=O)C(=O)C(C)(C)COC(=O)/C=C\CCN(C)C(=O)CNC(=O)[C@H](Cc3ccccc3)N(C)C(=O)[C@@H](C)NC(=O)CN(C)C(=O)COc3cccc2c3)cc1OC. The van der Waals surface area contributed by atoms with Gasteiger partial charge < -0.3 is 53.9 Å². The minimum absolute atomic E-state index is 0.0896. The highest BCUT2D eigenvalue weighted by Gasteiger charge is 2.43. The third kappa shape index (κ3) is 16.6. The molecule has 1 fully saturated rings. The molecular formula is C55H70N6O14. The molecule has 20 heteroatoms. The van der Waals surface area contributed by atoms with Crippen molar-refractivity contribution in [3.8, 4) is 17.2 Å². The van der Waals surface area contributed by atoms with Gasteiger partial charge in [0.25, 0.3) is 11.8 Å². The monoisotopic (exact) mass is 1040 g/mol. The number of amides is 6. The van der Waals surface area contributed by atoms with Gasteiger partial charge in [0, 0.05) is 46.7 Å². The van der Waals surface area contributed by atoms with Gasteiger partial charge in [-0.05, 0) is 100 Å². The molecule has 3 aromatic carbocycles. The van der Waals surface area contributed by atoms with Crippen LogP contribution < -0.4 is 24.8 Å². The fraction of sp³-hybridized carbons (Fsp3) is 0.473. The van der Waals surface area contributed by atoms with Crippen LogP contribution in [-0.4, -0.2) is 166 Å². The summed E-state index contributed by atoms with van der Waals surface area (Å²) in [6, 6.07) is 17.7. The molecule has 404 valence electrons. The number of likely N-dealkylation sites (N-methyl/N-ethyl adjacent to an activating group) is 3. The van der Waals surface area contributed by atoms with Crippen LogP contribution in [-0.2, 0) is 65.5 Å². The number of benzene rings is 3. The molecule has 0 unspecified atom stereocenters. The maximum absolute atomic E-state index is 14.3. The Balaban J connectivity index is 1.40. The Hall–Kier alpha value is -7.77. The van der Waals surface area contributed by atoms with Crippen LogP contribution in [0.5, 0.6) is 17.2 Å². The molecule has 4 atom stereocenters. The maximum Gasteiger partial charge on any atom is 0.330 e.